The van der Waals surface area contributed by atoms with Crippen molar-refractivity contribution in [2.75, 3.05) is 25.5 Å². The van der Waals surface area contributed by atoms with Crippen molar-refractivity contribution in [1.82, 2.24) is 20.2 Å². The second-order valence-corrected chi connectivity index (χ2v) is 9.50. The summed E-state index contributed by atoms with van der Waals surface area (Å²) in [5.74, 6) is -0.109. The van der Waals surface area contributed by atoms with Crippen LogP contribution in [0.25, 0.3) is 5.69 Å². The van der Waals surface area contributed by atoms with Gasteiger partial charge in [0.05, 0.1) is 11.2 Å². The molecule has 1 heterocycles. The van der Waals surface area contributed by atoms with Crippen LogP contribution in [0.3, 0.4) is 0 Å². The zero-order chi connectivity index (χ0) is 25.9. The fourth-order valence-corrected chi connectivity index (χ4v) is 3.96. The van der Waals surface area contributed by atoms with E-state index >= 15 is 0 Å². The average Bonchev–Trinajstić information content (AvgIpc) is 3.66. The van der Waals surface area contributed by atoms with Crippen LogP contribution in [0.5, 0.6) is 5.75 Å². The highest BCUT2D eigenvalue weighted by molar-refractivity contribution is 5.95. The van der Waals surface area contributed by atoms with Crippen LogP contribution in [0.4, 0.5) is 10.2 Å². The summed E-state index contributed by atoms with van der Waals surface area (Å²) in [4.78, 5) is 30.3. The topological polar surface area (TPSA) is 97.3 Å². The molecule has 0 atom stereocenters. The predicted molar refractivity (Wildman–Crippen MR) is 138 cm³/mol. The van der Waals surface area contributed by atoms with Crippen LogP contribution < -0.4 is 26.2 Å². The number of para-hydroxylation sites is 1. The molecule has 0 bridgehead atoms. The molecule has 0 unspecified atom stereocenters. The zero-order valence-corrected chi connectivity index (χ0v) is 21.0. The Labute approximate surface area is 209 Å². The number of nitrogens with zero attached hydrogens (tertiary/aromatic N) is 2. The molecule has 9 heteroatoms. The third kappa shape index (κ3) is 5.57. The Morgan fingerprint density at radius 1 is 1.25 bits per heavy atom. The third-order valence-corrected chi connectivity index (χ3v) is 6.19. The van der Waals surface area contributed by atoms with Gasteiger partial charge in [-0.3, -0.25) is 14.2 Å². The standard InChI is InChI=1S/C27H32FN5O3/c1-17-21(28)15-18(25(34)31-19-9-10-19)16-22(17)33-13-11-30-24(26(33)35)32-27(2,3)20-7-5-6-8-23(20)36-14-12-29-4/h5-8,11,13,15-16,19,29H,9-10,12,14H2,1-4H3,(H,30,32)(H,31,34). The molecule has 1 saturated carbocycles. The van der Waals surface area contributed by atoms with Gasteiger partial charge in [-0.15, -0.1) is 0 Å². The van der Waals surface area contributed by atoms with Gasteiger partial charge in [-0.05, 0) is 58.9 Å². The molecule has 0 aliphatic heterocycles. The highest BCUT2D eigenvalue weighted by atomic mass is 19.1. The minimum absolute atomic E-state index is 0.0974. The molecule has 0 spiro atoms. The van der Waals surface area contributed by atoms with Crippen LogP contribution in [0.1, 0.15) is 48.2 Å². The fourth-order valence-electron chi connectivity index (χ4n) is 3.96. The molecule has 1 aliphatic carbocycles. The Bertz CT molecular complexity index is 1320. The Hall–Kier alpha value is -3.72. The number of carbonyl (C=O) groups is 1. The van der Waals surface area contributed by atoms with Gasteiger partial charge in [0.1, 0.15) is 18.2 Å². The third-order valence-electron chi connectivity index (χ3n) is 6.19. The number of anilines is 1. The average molecular weight is 494 g/mol. The quantitative estimate of drug-likeness (QED) is 0.374. The van der Waals surface area contributed by atoms with Crippen molar-refractivity contribution in [2.45, 2.75) is 45.2 Å². The molecule has 1 fully saturated rings. The first kappa shape index (κ1) is 25.4. The first-order valence-electron chi connectivity index (χ1n) is 12.1. The van der Waals surface area contributed by atoms with E-state index < -0.39 is 16.9 Å². The lowest BCUT2D eigenvalue weighted by Crippen LogP contribution is -2.34. The van der Waals surface area contributed by atoms with Crippen molar-refractivity contribution in [3.8, 4) is 11.4 Å². The van der Waals surface area contributed by atoms with E-state index in [0.29, 0.717) is 24.6 Å². The van der Waals surface area contributed by atoms with Crippen molar-refractivity contribution >= 4 is 11.7 Å². The molecule has 2 aromatic carbocycles. The second-order valence-electron chi connectivity index (χ2n) is 9.50. The summed E-state index contributed by atoms with van der Waals surface area (Å²) in [7, 11) is 1.86. The van der Waals surface area contributed by atoms with Crippen LogP contribution >= 0.6 is 0 Å². The van der Waals surface area contributed by atoms with Crippen molar-refractivity contribution in [2.24, 2.45) is 0 Å². The summed E-state index contributed by atoms with van der Waals surface area (Å²) >= 11 is 0. The van der Waals surface area contributed by atoms with Crippen molar-refractivity contribution in [3.63, 3.8) is 0 Å². The highest BCUT2D eigenvalue weighted by Gasteiger charge is 2.27. The van der Waals surface area contributed by atoms with Crippen LogP contribution in [-0.4, -0.2) is 41.7 Å². The molecular formula is C27H32FN5O3. The minimum atomic E-state index is -0.714. The molecule has 3 N–H and O–H groups in total. The number of rotatable bonds is 10. The maximum atomic E-state index is 14.8. The van der Waals surface area contributed by atoms with E-state index in [1.165, 1.54) is 29.1 Å². The largest absolute Gasteiger partial charge is 0.492 e. The van der Waals surface area contributed by atoms with Gasteiger partial charge in [0, 0.05) is 41.7 Å². The number of halogens is 1. The molecule has 1 amide bonds. The molecule has 1 aliphatic rings. The maximum absolute atomic E-state index is 14.8. The van der Waals surface area contributed by atoms with Gasteiger partial charge in [0.25, 0.3) is 11.5 Å². The molecule has 0 saturated heterocycles. The Balaban J connectivity index is 1.67. The van der Waals surface area contributed by atoms with Gasteiger partial charge in [-0.1, -0.05) is 18.2 Å². The van der Waals surface area contributed by atoms with E-state index in [9.17, 15) is 14.0 Å². The summed E-state index contributed by atoms with van der Waals surface area (Å²) in [5, 5.41) is 9.15. The van der Waals surface area contributed by atoms with Gasteiger partial charge in [0.15, 0.2) is 5.82 Å². The van der Waals surface area contributed by atoms with Crippen LogP contribution in [0.15, 0.2) is 53.6 Å². The number of amides is 1. The first-order chi connectivity index (χ1) is 17.2. The normalized spacial score (nSPS) is 13.4. The van der Waals surface area contributed by atoms with Crippen LogP contribution in [-0.2, 0) is 5.54 Å². The second kappa shape index (κ2) is 10.5. The zero-order valence-electron chi connectivity index (χ0n) is 21.0. The number of carbonyl (C=O) groups excluding carboxylic acids is 1. The summed E-state index contributed by atoms with van der Waals surface area (Å²) in [5.41, 5.74) is 0.416. The Kier molecular flexibility index (Phi) is 7.40. The Morgan fingerprint density at radius 3 is 2.72 bits per heavy atom. The lowest BCUT2D eigenvalue weighted by atomic mass is 9.93. The summed E-state index contributed by atoms with van der Waals surface area (Å²) in [6, 6.07) is 10.5. The van der Waals surface area contributed by atoms with E-state index in [1.807, 2.05) is 45.2 Å². The van der Waals surface area contributed by atoms with Crippen molar-refractivity contribution < 1.29 is 13.9 Å². The summed E-state index contributed by atoms with van der Waals surface area (Å²) in [6.45, 7) is 6.63. The molecule has 3 aromatic rings. The van der Waals surface area contributed by atoms with E-state index in [4.69, 9.17) is 4.74 Å². The highest BCUT2D eigenvalue weighted by Crippen LogP contribution is 2.32. The van der Waals surface area contributed by atoms with Crippen molar-refractivity contribution in [3.05, 3.63) is 81.7 Å². The summed E-state index contributed by atoms with van der Waals surface area (Å²) in [6.07, 6.45) is 4.79. The molecule has 4 rings (SSSR count). The molecule has 1 aromatic heterocycles. The van der Waals surface area contributed by atoms with E-state index in [2.05, 4.69) is 20.9 Å². The van der Waals surface area contributed by atoms with E-state index in [1.54, 1.807) is 6.92 Å². The molecule has 36 heavy (non-hydrogen) atoms. The van der Waals surface area contributed by atoms with Crippen LogP contribution in [0, 0.1) is 12.7 Å². The van der Waals surface area contributed by atoms with E-state index in [-0.39, 0.29) is 28.9 Å². The number of nitrogens with one attached hydrogen (secondary N) is 3. The van der Waals surface area contributed by atoms with Gasteiger partial charge in [0.2, 0.25) is 0 Å². The number of hydrogen-bond acceptors (Lipinski definition) is 6. The number of ether oxygens (including phenoxy) is 1. The van der Waals surface area contributed by atoms with Crippen molar-refractivity contribution in [1.29, 1.82) is 0 Å². The lowest BCUT2D eigenvalue weighted by molar-refractivity contribution is 0.0950. The molecule has 8 nitrogen and oxygen atoms in total. The van der Waals surface area contributed by atoms with Crippen LogP contribution in [0.2, 0.25) is 0 Å². The SMILES string of the molecule is CNCCOc1ccccc1C(C)(C)Nc1nccn(-c2cc(C(=O)NC3CC3)cc(F)c2C)c1=O. The van der Waals surface area contributed by atoms with Gasteiger partial charge in [-0.25, -0.2) is 9.37 Å². The van der Waals surface area contributed by atoms with E-state index in [0.717, 1.165) is 18.4 Å². The maximum Gasteiger partial charge on any atom is 0.297 e. The first-order valence-corrected chi connectivity index (χ1v) is 12.1. The monoisotopic (exact) mass is 493 g/mol. The Morgan fingerprint density at radius 2 is 2.00 bits per heavy atom. The smallest absolute Gasteiger partial charge is 0.297 e. The summed E-state index contributed by atoms with van der Waals surface area (Å²) < 4.78 is 22.0. The van der Waals surface area contributed by atoms with Gasteiger partial charge < -0.3 is 20.7 Å². The predicted octanol–water partition coefficient (Wildman–Crippen LogP) is 3.52. The minimum Gasteiger partial charge on any atom is -0.492 e. The van der Waals surface area contributed by atoms with Gasteiger partial charge >= 0.3 is 0 Å². The molecular weight excluding hydrogens is 461 g/mol. The number of benzene rings is 2. The lowest BCUT2D eigenvalue weighted by Gasteiger charge is -2.29. The molecule has 190 valence electrons. The number of hydrogen-bond donors (Lipinski definition) is 3. The number of aromatic nitrogens is 2. The fraction of sp³-hybridized carbons (Fsp3) is 0.370. The molecule has 0 radical (unpaired) electrons. The number of likely N-dealkylation sites (N-methyl/N-ethyl adjacent to an activating group) is 1. The van der Waals surface area contributed by atoms with Gasteiger partial charge in [-0.2, -0.15) is 0 Å².